The van der Waals surface area contributed by atoms with Crippen molar-refractivity contribution in [2.24, 2.45) is 17.3 Å². The lowest BCUT2D eigenvalue weighted by Crippen LogP contribution is -2.34. The van der Waals surface area contributed by atoms with Crippen LogP contribution in [0.25, 0.3) is 0 Å². The van der Waals surface area contributed by atoms with Crippen molar-refractivity contribution in [3.63, 3.8) is 0 Å². The molecule has 0 aliphatic heterocycles. The molecule has 1 fully saturated rings. The summed E-state index contributed by atoms with van der Waals surface area (Å²) in [7, 11) is 0. The van der Waals surface area contributed by atoms with Crippen LogP contribution in [0.4, 0.5) is 0 Å². The molecular formula is C17H21Cl2NO. The Morgan fingerprint density at radius 3 is 2.19 bits per heavy atom. The fraction of sp³-hybridized carbons (Fsp3) is 0.588. The molecule has 1 saturated carbocycles. The van der Waals surface area contributed by atoms with Gasteiger partial charge in [0.25, 0.3) is 0 Å². The smallest absolute Gasteiger partial charge is 0.100 e. The first kappa shape index (κ1) is 16.6. The van der Waals surface area contributed by atoms with Gasteiger partial charge in [-0.05, 0) is 49.7 Å². The molecule has 0 saturated heterocycles. The molecular weight excluding hydrogens is 305 g/mol. The highest BCUT2D eigenvalue weighted by atomic mass is 35.5. The summed E-state index contributed by atoms with van der Waals surface area (Å²) in [6.07, 6.45) is 2.37. The number of aliphatic hydroxyl groups is 1. The van der Waals surface area contributed by atoms with Crippen molar-refractivity contribution >= 4 is 23.2 Å². The lowest BCUT2D eigenvalue weighted by Gasteiger charge is -2.40. The van der Waals surface area contributed by atoms with E-state index >= 15 is 0 Å². The first-order chi connectivity index (χ1) is 9.91. The number of aliphatic hydroxyl groups excluding tert-OH is 1. The van der Waals surface area contributed by atoms with Gasteiger partial charge < -0.3 is 5.11 Å². The van der Waals surface area contributed by atoms with Crippen molar-refractivity contribution in [2.75, 3.05) is 0 Å². The molecule has 114 valence electrons. The van der Waals surface area contributed by atoms with Crippen LogP contribution in [0.2, 0.25) is 10.0 Å². The molecule has 1 unspecified atom stereocenters. The summed E-state index contributed by atoms with van der Waals surface area (Å²) in [4.78, 5) is 0. The molecule has 2 nitrogen and oxygen atoms in total. The van der Waals surface area contributed by atoms with E-state index in [2.05, 4.69) is 19.9 Å². The summed E-state index contributed by atoms with van der Waals surface area (Å²) in [5, 5.41) is 21.3. The molecule has 0 amide bonds. The van der Waals surface area contributed by atoms with Gasteiger partial charge in [-0.1, -0.05) is 43.1 Å². The van der Waals surface area contributed by atoms with E-state index in [-0.39, 0.29) is 0 Å². The quantitative estimate of drug-likeness (QED) is 0.810. The Morgan fingerprint density at radius 2 is 1.76 bits per heavy atom. The van der Waals surface area contributed by atoms with Gasteiger partial charge in [0, 0.05) is 15.6 Å². The molecule has 1 aliphatic rings. The zero-order chi connectivity index (χ0) is 15.6. The molecule has 0 spiro atoms. The first-order valence-corrected chi connectivity index (χ1v) is 8.20. The maximum atomic E-state index is 10.8. The van der Waals surface area contributed by atoms with Crippen LogP contribution in [0, 0.1) is 28.6 Å². The second-order valence-corrected chi connectivity index (χ2v) is 7.20. The summed E-state index contributed by atoms with van der Waals surface area (Å²) in [5.74, 6) is 1.24. The van der Waals surface area contributed by atoms with Gasteiger partial charge >= 0.3 is 0 Å². The predicted octanol–water partition coefficient (Wildman–Crippen LogP) is 5.38. The van der Waals surface area contributed by atoms with Crippen LogP contribution in [0.5, 0.6) is 0 Å². The Labute approximate surface area is 136 Å². The molecule has 0 bridgehead atoms. The highest BCUT2D eigenvalue weighted by Gasteiger charge is 2.44. The lowest BCUT2D eigenvalue weighted by molar-refractivity contribution is 0.0192. The second kappa shape index (κ2) is 6.57. The predicted molar refractivity (Wildman–Crippen MR) is 86.3 cm³/mol. The molecule has 1 aliphatic carbocycles. The molecule has 4 heteroatoms. The van der Waals surface area contributed by atoms with E-state index in [1.807, 2.05) is 0 Å². The Balaban J connectivity index is 2.28. The summed E-state index contributed by atoms with van der Waals surface area (Å²) in [5.41, 5.74) is -0.287. The van der Waals surface area contributed by atoms with Crippen LogP contribution < -0.4 is 0 Å². The number of nitrogens with zero attached hydrogens (tertiary/aromatic N) is 1. The average molecular weight is 326 g/mol. The van der Waals surface area contributed by atoms with Crippen molar-refractivity contribution in [3.05, 3.63) is 33.8 Å². The lowest BCUT2D eigenvalue weighted by atomic mass is 9.65. The normalized spacial score (nSPS) is 27.4. The summed E-state index contributed by atoms with van der Waals surface area (Å²) >= 11 is 12.4. The standard InChI is InChI=1S/C17H21Cl2NO/c1-11(2)12-6-8-17(10-20,9-7-12)16(21)15-13(18)4-3-5-14(15)19/h3-5,11-12,16,21H,6-9H2,1-2H3. The third-order valence-corrected chi connectivity index (χ3v) is 5.54. The van der Waals surface area contributed by atoms with Gasteiger partial charge in [0.05, 0.1) is 11.5 Å². The monoisotopic (exact) mass is 325 g/mol. The Morgan fingerprint density at radius 1 is 1.24 bits per heavy atom. The van der Waals surface area contributed by atoms with E-state index in [1.165, 1.54) is 0 Å². The molecule has 1 aromatic rings. The highest BCUT2D eigenvalue weighted by Crippen LogP contribution is 2.50. The molecule has 1 N–H and O–H groups in total. The maximum Gasteiger partial charge on any atom is 0.100 e. The van der Waals surface area contributed by atoms with E-state index in [0.29, 0.717) is 40.3 Å². The van der Waals surface area contributed by atoms with Gasteiger partial charge in [-0.2, -0.15) is 5.26 Å². The Hall–Kier alpha value is -0.750. The third kappa shape index (κ3) is 3.21. The van der Waals surface area contributed by atoms with Gasteiger partial charge in [-0.15, -0.1) is 0 Å². The topological polar surface area (TPSA) is 44.0 Å². The minimum absolute atomic E-state index is 0.426. The van der Waals surface area contributed by atoms with Crippen molar-refractivity contribution in [1.82, 2.24) is 0 Å². The van der Waals surface area contributed by atoms with Crippen LogP contribution in [0.3, 0.4) is 0 Å². The third-order valence-electron chi connectivity index (χ3n) is 4.88. The van der Waals surface area contributed by atoms with Crippen molar-refractivity contribution in [2.45, 2.75) is 45.6 Å². The number of hydrogen-bond acceptors (Lipinski definition) is 2. The van der Waals surface area contributed by atoms with E-state index in [0.717, 1.165) is 12.8 Å². The number of benzene rings is 1. The van der Waals surface area contributed by atoms with Gasteiger partial charge in [0.15, 0.2) is 0 Å². The summed E-state index contributed by atoms with van der Waals surface area (Å²) in [6.45, 7) is 4.43. The van der Waals surface area contributed by atoms with Crippen LogP contribution >= 0.6 is 23.2 Å². The van der Waals surface area contributed by atoms with E-state index in [9.17, 15) is 10.4 Å². The van der Waals surface area contributed by atoms with Gasteiger partial charge in [-0.3, -0.25) is 0 Å². The molecule has 1 aromatic carbocycles. The molecule has 1 atom stereocenters. The number of halogens is 2. The van der Waals surface area contributed by atoms with Crippen LogP contribution in [-0.4, -0.2) is 5.11 Å². The molecule has 21 heavy (non-hydrogen) atoms. The summed E-state index contributed by atoms with van der Waals surface area (Å²) < 4.78 is 0. The number of hydrogen-bond donors (Lipinski definition) is 1. The van der Waals surface area contributed by atoms with E-state index < -0.39 is 11.5 Å². The van der Waals surface area contributed by atoms with Crippen LogP contribution in [0.15, 0.2) is 18.2 Å². The minimum atomic E-state index is -0.934. The van der Waals surface area contributed by atoms with Crippen LogP contribution in [-0.2, 0) is 0 Å². The van der Waals surface area contributed by atoms with Gasteiger partial charge in [-0.25, -0.2) is 0 Å². The van der Waals surface area contributed by atoms with Crippen molar-refractivity contribution in [3.8, 4) is 6.07 Å². The summed E-state index contributed by atoms with van der Waals surface area (Å²) in [6, 6.07) is 7.52. The zero-order valence-electron chi connectivity index (χ0n) is 12.4. The van der Waals surface area contributed by atoms with Gasteiger partial charge in [0.2, 0.25) is 0 Å². The Kier molecular flexibility index (Phi) is 5.20. The van der Waals surface area contributed by atoms with Gasteiger partial charge in [0.1, 0.15) is 6.10 Å². The zero-order valence-corrected chi connectivity index (χ0v) is 14.0. The molecule has 0 radical (unpaired) electrons. The fourth-order valence-corrected chi connectivity index (χ4v) is 3.92. The van der Waals surface area contributed by atoms with Crippen molar-refractivity contribution in [1.29, 1.82) is 5.26 Å². The van der Waals surface area contributed by atoms with E-state index in [4.69, 9.17) is 23.2 Å². The Bertz CT molecular complexity index is 522. The first-order valence-electron chi connectivity index (χ1n) is 7.44. The van der Waals surface area contributed by atoms with E-state index in [1.54, 1.807) is 18.2 Å². The second-order valence-electron chi connectivity index (χ2n) is 6.39. The molecule has 0 aromatic heterocycles. The molecule has 0 heterocycles. The SMILES string of the molecule is CC(C)C1CCC(C#N)(C(O)c2c(Cl)cccc2Cl)CC1. The highest BCUT2D eigenvalue weighted by molar-refractivity contribution is 6.36. The number of rotatable bonds is 3. The molecule has 2 rings (SSSR count). The minimum Gasteiger partial charge on any atom is -0.387 e. The largest absolute Gasteiger partial charge is 0.387 e. The average Bonchev–Trinajstić information content (AvgIpc) is 2.46. The van der Waals surface area contributed by atoms with Crippen LogP contribution in [0.1, 0.15) is 51.2 Å². The van der Waals surface area contributed by atoms with Crippen molar-refractivity contribution < 1.29 is 5.11 Å². The fourth-order valence-electron chi connectivity index (χ4n) is 3.32. The number of nitriles is 1. The maximum absolute atomic E-state index is 10.8.